The Balaban J connectivity index is 2.03. The van der Waals surface area contributed by atoms with Crippen molar-refractivity contribution in [1.29, 1.82) is 0 Å². The molecule has 3 atom stereocenters. The molecule has 21 heavy (non-hydrogen) atoms. The molecule has 0 bridgehead atoms. The summed E-state index contributed by atoms with van der Waals surface area (Å²) in [7, 11) is 0. The highest BCUT2D eigenvalue weighted by Gasteiger charge is 2.35. The van der Waals surface area contributed by atoms with Crippen LogP contribution in [0.1, 0.15) is 30.9 Å². The summed E-state index contributed by atoms with van der Waals surface area (Å²) in [5.74, 6) is -3.38. The molecule has 1 fully saturated rings. The molecule has 0 aliphatic heterocycles. The Morgan fingerprint density at radius 2 is 1.67 bits per heavy atom. The highest BCUT2D eigenvalue weighted by atomic mass is 16.4. The summed E-state index contributed by atoms with van der Waals surface area (Å²) in [4.78, 5) is 34.3. The van der Waals surface area contributed by atoms with Gasteiger partial charge in [0.15, 0.2) is 6.04 Å². The zero-order valence-corrected chi connectivity index (χ0v) is 11.4. The van der Waals surface area contributed by atoms with Crippen LogP contribution in [-0.4, -0.2) is 28.1 Å². The Labute approximate surface area is 121 Å². The fourth-order valence-electron chi connectivity index (χ4n) is 2.64. The van der Waals surface area contributed by atoms with Crippen LogP contribution in [0.15, 0.2) is 30.3 Å². The zero-order chi connectivity index (χ0) is 15.4. The fraction of sp³-hybridized carbons (Fsp3) is 0.400. The molecule has 6 nitrogen and oxygen atoms in total. The lowest BCUT2D eigenvalue weighted by molar-refractivity contribution is -0.143. The van der Waals surface area contributed by atoms with Crippen LogP contribution in [0.5, 0.6) is 0 Å². The van der Waals surface area contributed by atoms with Gasteiger partial charge < -0.3 is 15.5 Å². The fourth-order valence-corrected chi connectivity index (χ4v) is 2.64. The van der Waals surface area contributed by atoms with Gasteiger partial charge in [0, 0.05) is 5.92 Å². The van der Waals surface area contributed by atoms with Crippen molar-refractivity contribution in [3.05, 3.63) is 35.9 Å². The summed E-state index contributed by atoms with van der Waals surface area (Å²) in [5.41, 5.74) is 0.492. The number of aliphatic carboxylic acids is 2. The number of rotatable bonds is 5. The number of carbonyl (C=O) groups is 3. The van der Waals surface area contributed by atoms with E-state index in [2.05, 4.69) is 5.32 Å². The Bertz CT molecular complexity index is 542. The first-order chi connectivity index (χ1) is 9.99. The van der Waals surface area contributed by atoms with Crippen molar-refractivity contribution >= 4 is 17.8 Å². The SMILES string of the molecule is O=C(O)C1CCC(C(=O)NC(C(=O)O)c2ccccc2)C1. The molecule has 0 spiro atoms. The molecule has 0 heterocycles. The van der Waals surface area contributed by atoms with Gasteiger partial charge in [-0.3, -0.25) is 9.59 Å². The predicted molar refractivity (Wildman–Crippen MR) is 73.4 cm³/mol. The van der Waals surface area contributed by atoms with Crippen LogP contribution in [0.2, 0.25) is 0 Å². The summed E-state index contributed by atoms with van der Waals surface area (Å²) in [6, 6.07) is 7.32. The number of nitrogens with one attached hydrogen (secondary N) is 1. The van der Waals surface area contributed by atoms with Crippen LogP contribution >= 0.6 is 0 Å². The standard InChI is InChI=1S/C15H17NO5/c17-13(10-6-7-11(8-10)14(18)19)16-12(15(20)21)9-4-2-1-3-5-9/h1-5,10-12H,6-8H2,(H,16,17)(H,18,19)(H,20,21). The first kappa shape index (κ1) is 15.0. The van der Waals surface area contributed by atoms with Crippen molar-refractivity contribution in [1.82, 2.24) is 5.32 Å². The number of carboxylic acids is 2. The Morgan fingerprint density at radius 1 is 1.05 bits per heavy atom. The van der Waals surface area contributed by atoms with Crippen LogP contribution in [-0.2, 0) is 14.4 Å². The zero-order valence-electron chi connectivity index (χ0n) is 11.4. The molecule has 1 aliphatic rings. The summed E-state index contributed by atoms with van der Waals surface area (Å²) in [6.07, 6.45) is 1.20. The van der Waals surface area contributed by atoms with Crippen LogP contribution in [0.3, 0.4) is 0 Å². The van der Waals surface area contributed by atoms with Gasteiger partial charge in [-0.25, -0.2) is 4.79 Å². The number of hydrogen-bond donors (Lipinski definition) is 3. The van der Waals surface area contributed by atoms with Crippen LogP contribution in [0.25, 0.3) is 0 Å². The van der Waals surface area contributed by atoms with Crippen LogP contribution in [0, 0.1) is 11.8 Å². The molecule has 6 heteroatoms. The smallest absolute Gasteiger partial charge is 0.330 e. The van der Waals surface area contributed by atoms with E-state index >= 15 is 0 Å². The monoisotopic (exact) mass is 291 g/mol. The van der Waals surface area contributed by atoms with Gasteiger partial charge in [-0.15, -0.1) is 0 Å². The normalized spacial score (nSPS) is 22.5. The molecular formula is C15H17NO5. The van der Waals surface area contributed by atoms with Gasteiger partial charge in [0.2, 0.25) is 5.91 Å². The maximum absolute atomic E-state index is 12.1. The predicted octanol–water partition coefficient (Wildman–Crippen LogP) is 1.43. The third-order valence-electron chi connectivity index (χ3n) is 3.82. The van der Waals surface area contributed by atoms with E-state index in [0.717, 1.165) is 0 Å². The Morgan fingerprint density at radius 3 is 2.19 bits per heavy atom. The summed E-state index contributed by atoms with van der Waals surface area (Å²) < 4.78 is 0. The summed E-state index contributed by atoms with van der Waals surface area (Å²) in [5, 5.41) is 20.7. The second-order valence-corrected chi connectivity index (χ2v) is 5.24. The second kappa shape index (κ2) is 6.39. The third-order valence-corrected chi connectivity index (χ3v) is 3.82. The minimum Gasteiger partial charge on any atom is -0.481 e. The van der Waals surface area contributed by atoms with Gasteiger partial charge in [-0.05, 0) is 24.8 Å². The van der Waals surface area contributed by atoms with E-state index in [1.54, 1.807) is 30.3 Å². The maximum atomic E-state index is 12.1. The summed E-state index contributed by atoms with van der Waals surface area (Å²) in [6.45, 7) is 0. The molecular weight excluding hydrogens is 274 g/mol. The minimum absolute atomic E-state index is 0.266. The van der Waals surface area contributed by atoms with Crippen molar-refractivity contribution in [3.8, 4) is 0 Å². The lowest BCUT2D eigenvalue weighted by Crippen LogP contribution is -2.37. The van der Waals surface area contributed by atoms with E-state index in [0.29, 0.717) is 18.4 Å². The van der Waals surface area contributed by atoms with Crippen molar-refractivity contribution in [2.24, 2.45) is 11.8 Å². The van der Waals surface area contributed by atoms with Gasteiger partial charge >= 0.3 is 11.9 Å². The van der Waals surface area contributed by atoms with Crippen LogP contribution in [0.4, 0.5) is 0 Å². The van der Waals surface area contributed by atoms with E-state index < -0.39 is 35.7 Å². The van der Waals surface area contributed by atoms with Crippen molar-refractivity contribution in [2.45, 2.75) is 25.3 Å². The van der Waals surface area contributed by atoms with Crippen molar-refractivity contribution in [3.63, 3.8) is 0 Å². The molecule has 0 radical (unpaired) electrons. The average Bonchev–Trinajstić information content (AvgIpc) is 2.95. The molecule has 3 N–H and O–H groups in total. The van der Waals surface area contributed by atoms with Gasteiger partial charge in [-0.2, -0.15) is 0 Å². The molecule has 1 aliphatic carbocycles. The third kappa shape index (κ3) is 3.59. The number of carbonyl (C=O) groups excluding carboxylic acids is 1. The van der Waals surface area contributed by atoms with E-state index in [1.807, 2.05) is 0 Å². The maximum Gasteiger partial charge on any atom is 0.330 e. The molecule has 1 saturated carbocycles. The first-order valence-electron chi connectivity index (χ1n) is 6.80. The first-order valence-corrected chi connectivity index (χ1v) is 6.80. The quantitative estimate of drug-likeness (QED) is 0.761. The average molecular weight is 291 g/mol. The van der Waals surface area contributed by atoms with E-state index in [1.165, 1.54) is 0 Å². The highest BCUT2D eigenvalue weighted by molar-refractivity contribution is 5.86. The van der Waals surface area contributed by atoms with Crippen molar-refractivity contribution < 1.29 is 24.6 Å². The number of hydrogen-bond acceptors (Lipinski definition) is 3. The minimum atomic E-state index is -1.14. The topological polar surface area (TPSA) is 104 Å². The van der Waals surface area contributed by atoms with E-state index in [4.69, 9.17) is 5.11 Å². The largest absolute Gasteiger partial charge is 0.481 e. The van der Waals surface area contributed by atoms with Crippen molar-refractivity contribution in [2.75, 3.05) is 0 Å². The molecule has 0 aromatic heterocycles. The number of carboxylic acid groups (broad SMARTS) is 2. The van der Waals surface area contributed by atoms with E-state index in [9.17, 15) is 19.5 Å². The van der Waals surface area contributed by atoms with Gasteiger partial charge in [0.05, 0.1) is 5.92 Å². The van der Waals surface area contributed by atoms with Gasteiger partial charge in [-0.1, -0.05) is 30.3 Å². The van der Waals surface area contributed by atoms with Crippen LogP contribution < -0.4 is 5.32 Å². The Hall–Kier alpha value is -2.37. The molecule has 112 valence electrons. The molecule has 0 saturated heterocycles. The van der Waals surface area contributed by atoms with Gasteiger partial charge in [0.1, 0.15) is 0 Å². The lowest BCUT2D eigenvalue weighted by atomic mass is 10.0. The lowest BCUT2D eigenvalue weighted by Gasteiger charge is -2.17. The van der Waals surface area contributed by atoms with E-state index in [-0.39, 0.29) is 6.42 Å². The molecule has 1 aromatic carbocycles. The molecule has 1 amide bonds. The number of amides is 1. The highest BCUT2D eigenvalue weighted by Crippen LogP contribution is 2.31. The molecule has 2 rings (SSSR count). The van der Waals surface area contributed by atoms with Gasteiger partial charge in [0.25, 0.3) is 0 Å². The number of benzene rings is 1. The Kier molecular flexibility index (Phi) is 4.57. The second-order valence-electron chi connectivity index (χ2n) is 5.24. The molecule has 3 unspecified atom stereocenters. The molecule has 1 aromatic rings. The summed E-state index contributed by atoms with van der Waals surface area (Å²) >= 11 is 0.